The first-order valence-corrected chi connectivity index (χ1v) is 5.18. The fourth-order valence-electron chi connectivity index (χ4n) is 1.83. The molecule has 0 aliphatic carbocycles. The van der Waals surface area contributed by atoms with E-state index >= 15 is 0 Å². The highest BCUT2D eigenvalue weighted by Crippen LogP contribution is 2.19. The molecule has 0 aromatic heterocycles. The van der Waals surface area contributed by atoms with Gasteiger partial charge in [0.05, 0.1) is 12.2 Å². The molecule has 3 nitrogen and oxygen atoms in total. The summed E-state index contributed by atoms with van der Waals surface area (Å²) in [5, 5.41) is 18.5. The Labute approximate surface area is 80.4 Å². The van der Waals surface area contributed by atoms with Gasteiger partial charge in [-0.3, -0.25) is 0 Å². The van der Waals surface area contributed by atoms with Gasteiger partial charge in [-0.1, -0.05) is 0 Å². The smallest absolute Gasteiger partial charge is 0.0552 e. The van der Waals surface area contributed by atoms with Crippen molar-refractivity contribution in [1.29, 1.82) is 0 Å². The van der Waals surface area contributed by atoms with Crippen LogP contribution in [0.3, 0.4) is 0 Å². The first kappa shape index (κ1) is 11.0. The highest BCUT2D eigenvalue weighted by Gasteiger charge is 2.25. The molecule has 1 rings (SSSR count). The summed E-state index contributed by atoms with van der Waals surface area (Å²) in [4.78, 5) is 2.32. The van der Waals surface area contributed by atoms with Crippen molar-refractivity contribution in [3.63, 3.8) is 0 Å². The molecular weight excluding hydrogens is 166 g/mol. The van der Waals surface area contributed by atoms with E-state index in [-0.39, 0.29) is 12.2 Å². The van der Waals surface area contributed by atoms with Crippen molar-refractivity contribution in [3.8, 4) is 0 Å². The zero-order valence-electron chi connectivity index (χ0n) is 8.61. The molecule has 0 aromatic rings. The number of aliphatic hydroxyl groups excluding tert-OH is 2. The van der Waals surface area contributed by atoms with Gasteiger partial charge in [-0.15, -0.1) is 0 Å². The van der Waals surface area contributed by atoms with E-state index in [1.165, 1.54) is 0 Å². The summed E-state index contributed by atoms with van der Waals surface area (Å²) in [5.74, 6) is 0.439. The predicted molar refractivity (Wildman–Crippen MR) is 52.5 cm³/mol. The molecule has 0 spiro atoms. The monoisotopic (exact) mass is 187 g/mol. The standard InChI is InChI=1S/C10H21NO2/c1-8(12)3-5-11-6-4-10(7-11)9(2)13/h8-10,12-13H,3-7H2,1-2H3. The summed E-state index contributed by atoms with van der Waals surface area (Å²) in [6.07, 6.45) is 1.55. The van der Waals surface area contributed by atoms with Crippen LogP contribution in [0.4, 0.5) is 0 Å². The van der Waals surface area contributed by atoms with E-state index in [1.54, 1.807) is 0 Å². The Morgan fingerprint density at radius 1 is 1.38 bits per heavy atom. The maximum atomic E-state index is 9.37. The van der Waals surface area contributed by atoms with Crippen LogP contribution in [0.5, 0.6) is 0 Å². The molecule has 3 atom stereocenters. The van der Waals surface area contributed by atoms with Gasteiger partial charge in [-0.05, 0) is 39.2 Å². The zero-order valence-corrected chi connectivity index (χ0v) is 8.61. The van der Waals surface area contributed by atoms with E-state index < -0.39 is 0 Å². The quantitative estimate of drug-likeness (QED) is 0.672. The molecule has 1 fully saturated rings. The first-order chi connectivity index (χ1) is 6.09. The molecule has 0 saturated carbocycles. The van der Waals surface area contributed by atoms with Crippen LogP contribution >= 0.6 is 0 Å². The summed E-state index contributed by atoms with van der Waals surface area (Å²) in [7, 11) is 0. The van der Waals surface area contributed by atoms with Gasteiger partial charge in [0.15, 0.2) is 0 Å². The van der Waals surface area contributed by atoms with Crippen LogP contribution in [0, 0.1) is 5.92 Å². The van der Waals surface area contributed by atoms with Crippen molar-refractivity contribution in [2.24, 2.45) is 5.92 Å². The molecule has 13 heavy (non-hydrogen) atoms. The summed E-state index contributed by atoms with van der Waals surface area (Å²) >= 11 is 0. The molecule has 78 valence electrons. The minimum Gasteiger partial charge on any atom is -0.393 e. The molecule has 0 bridgehead atoms. The Bertz CT molecular complexity index is 148. The minimum atomic E-state index is -0.203. The van der Waals surface area contributed by atoms with Crippen LogP contribution in [-0.2, 0) is 0 Å². The third-order valence-electron chi connectivity index (χ3n) is 2.85. The Hall–Kier alpha value is -0.120. The van der Waals surface area contributed by atoms with Crippen LogP contribution < -0.4 is 0 Å². The lowest BCUT2D eigenvalue weighted by Gasteiger charge is -2.17. The van der Waals surface area contributed by atoms with Crippen LogP contribution in [0.2, 0.25) is 0 Å². The third-order valence-corrected chi connectivity index (χ3v) is 2.85. The van der Waals surface area contributed by atoms with Gasteiger partial charge in [0.1, 0.15) is 0 Å². The molecule has 0 amide bonds. The average Bonchev–Trinajstić information content (AvgIpc) is 2.48. The van der Waals surface area contributed by atoms with Crippen molar-refractivity contribution in [2.45, 2.75) is 38.9 Å². The van der Waals surface area contributed by atoms with Crippen molar-refractivity contribution >= 4 is 0 Å². The Balaban J connectivity index is 2.17. The molecule has 3 unspecified atom stereocenters. The lowest BCUT2D eigenvalue weighted by Crippen LogP contribution is -2.26. The van der Waals surface area contributed by atoms with Crippen LogP contribution in [0.1, 0.15) is 26.7 Å². The van der Waals surface area contributed by atoms with Gasteiger partial charge >= 0.3 is 0 Å². The van der Waals surface area contributed by atoms with E-state index in [0.717, 1.165) is 32.5 Å². The van der Waals surface area contributed by atoms with Gasteiger partial charge in [0.25, 0.3) is 0 Å². The molecule has 3 heteroatoms. The molecule has 1 aliphatic rings. The van der Waals surface area contributed by atoms with Gasteiger partial charge in [-0.25, -0.2) is 0 Å². The van der Waals surface area contributed by atoms with Crippen molar-refractivity contribution < 1.29 is 10.2 Å². The molecule has 1 heterocycles. The second-order valence-corrected chi connectivity index (χ2v) is 4.23. The number of nitrogens with zero attached hydrogens (tertiary/aromatic N) is 1. The van der Waals surface area contributed by atoms with E-state index in [0.29, 0.717) is 5.92 Å². The molecule has 1 aliphatic heterocycles. The minimum absolute atomic E-state index is 0.184. The lowest BCUT2D eigenvalue weighted by atomic mass is 10.0. The summed E-state index contributed by atoms with van der Waals surface area (Å²) in [5.41, 5.74) is 0. The number of hydrogen-bond donors (Lipinski definition) is 2. The maximum absolute atomic E-state index is 9.37. The topological polar surface area (TPSA) is 43.7 Å². The van der Waals surface area contributed by atoms with Gasteiger partial charge in [0, 0.05) is 13.1 Å². The Morgan fingerprint density at radius 2 is 2.08 bits per heavy atom. The SMILES string of the molecule is CC(O)CCN1CCC(C(C)O)C1. The number of rotatable bonds is 4. The molecule has 1 saturated heterocycles. The third kappa shape index (κ3) is 3.63. The van der Waals surface area contributed by atoms with E-state index in [1.807, 2.05) is 13.8 Å². The molecule has 2 N–H and O–H groups in total. The normalized spacial score (nSPS) is 29.1. The zero-order chi connectivity index (χ0) is 9.84. The summed E-state index contributed by atoms with van der Waals surface area (Å²) < 4.78 is 0. The number of hydrogen-bond acceptors (Lipinski definition) is 3. The highest BCUT2D eigenvalue weighted by atomic mass is 16.3. The second-order valence-electron chi connectivity index (χ2n) is 4.23. The van der Waals surface area contributed by atoms with Crippen molar-refractivity contribution in [2.75, 3.05) is 19.6 Å². The van der Waals surface area contributed by atoms with Gasteiger partial charge in [-0.2, -0.15) is 0 Å². The highest BCUT2D eigenvalue weighted by molar-refractivity contribution is 4.78. The fraction of sp³-hybridized carbons (Fsp3) is 1.00. The van der Waals surface area contributed by atoms with Crippen molar-refractivity contribution in [1.82, 2.24) is 4.90 Å². The van der Waals surface area contributed by atoms with Crippen LogP contribution in [-0.4, -0.2) is 47.0 Å². The van der Waals surface area contributed by atoms with Crippen LogP contribution in [0.15, 0.2) is 0 Å². The van der Waals surface area contributed by atoms with E-state index in [9.17, 15) is 5.11 Å². The van der Waals surface area contributed by atoms with E-state index in [2.05, 4.69) is 4.90 Å². The Morgan fingerprint density at radius 3 is 2.54 bits per heavy atom. The first-order valence-electron chi connectivity index (χ1n) is 5.18. The Kier molecular flexibility index (Phi) is 4.16. The lowest BCUT2D eigenvalue weighted by molar-refractivity contribution is 0.123. The fourth-order valence-corrected chi connectivity index (χ4v) is 1.83. The van der Waals surface area contributed by atoms with E-state index in [4.69, 9.17) is 5.11 Å². The summed E-state index contributed by atoms with van der Waals surface area (Å²) in [6.45, 7) is 6.71. The average molecular weight is 187 g/mol. The largest absolute Gasteiger partial charge is 0.393 e. The predicted octanol–water partition coefficient (Wildman–Crippen LogP) is 0.460. The number of likely N-dealkylation sites (tertiary alicyclic amines) is 1. The van der Waals surface area contributed by atoms with Gasteiger partial charge < -0.3 is 15.1 Å². The van der Waals surface area contributed by atoms with Gasteiger partial charge in [0.2, 0.25) is 0 Å². The molecular formula is C10H21NO2. The maximum Gasteiger partial charge on any atom is 0.0552 e. The summed E-state index contributed by atoms with van der Waals surface area (Å²) in [6, 6.07) is 0. The number of aliphatic hydroxyl groups is 2. The molecule has 0 aromatic carbocycles. The van der Waals surface area contributed by atoms with Crippen LogP contribution in [0.25, 0.3) is 0 Å². The second kappa shape index (κ2) is 4.94. The van der Waals surface area contributed by atoms with Crippen molar-refractivity contribution in [3.05, 3.63) is 0 Å². The molecule has 0 radical (unpaired) electrons.